The number of carbonyl (C=O) groups is 1. The zero-order valence-corrected chi connectivity index (χ0v) is 15.1. The summed E-state index contributed by atoms with van der Waals surface area (Å²) >= 11 is 0. The molecule has 1 amide bonds. The zero-order valence-electron chi connectivity index (χ0n) is 15.1. The van der Waals surface area contributed by atoms with Gasteiger partial charge in [-0.3, -0.25) is 9.69 Å². The average Bonchev–Trinajstić information content (AvgIpc) is 3.29. The predicted molar refractivity (Wildman–Crippen MR) is 97.6 cm³/mol. The first kappa shape index (κ1) is 18.2. The van der Waals surface area contributed by atoms with Crippen LogP contribution in [0.5, 0.6) is 5.75 Å². The van der Waals surface area contributed by atoms with Crippen LogP contribution in [0.25, 0.3) is 0 Å². The number of aliphatic hydroxyl groups excluding tert-OH is 1. The van der Waals surface area contributed by atoms with E-state index in [-0.39, 0.29) is 5.91 Å². The van der Waals surface area contributed by atoms with Crippen LogP contribution in [0.4, 0.5) is 0 Å². The van der Waals surface area contributed by atoms with Gasteiger partial charge >= 0.3 is 0 Å². The molecule has 1 N–H and O–H groups in total. The van der Waals surface area contributed by atoms with Crippen LogP contribution in [0.3, 0.4) is 0 Å². The highest BCUT2D eigenvalue weighted by molar-refractivity contribution is 5.76. The fourth-order valence-electron chi connectivity index (χ4n) is 4.25. The number of rotatable bonds is 7. The van der Waals surface area contributed by atoms with Crippen LogP contribution in [-0.2, 0) is 4.79 Å². The molecule has 0 saturated carbocycles. The molecule has 25 heavy (non-hydrogen) atoms. The maximum Gasteiger partial charge on any atom is 0.222 e. The van der Waals surface area contributed by atoms with Gasteiger partial charge in [0.15, 0.2) is 0 Å². The summed E-state index contributed by atoms with van der Waals surface area (Å²) in [6.07, 6.45) is 4.50. The lowest BCUT2D eigenvalue weighted by Gasteiger charge is -2.35. The molecule has 0 bridgehead atoms. The lowest BCUT2D eigenvalue weighted by Crippen LogP contribution is -2.50. The van der Waals surface area contributed by atoms with Crippen molar-refractivity contribution in [2.75, 3.05) is 26.2 Å². The Morgan fingerprint density at radius 2 is 1.92 bits per heavy atom. The summed E-state index contributed by atoms with van der Waals surface area (Å²) in [6, 6.07) is 10.3. The SMILES string of the molecule is CCC(=O)N1CCC[C@@H]1[C@H]1CCCN1C[C@@H](O)COc1ccccc1. The van der Waals surface area contributed by atoms with Gasteiger partial charge < -0.3 is 14.7 Å². The Hall–Kier alpha value is -1.59. The Morgan fingerprint density at radius 3 is 2.68 bits per heavy atom. The van der Waals surface area contributed by atoms with Gasteiger partial charge in [0.25, 0.3) is 0 Å². The number of amides is 1. The predicted octanol–water partition coefficient (Wildman–Crippen LogP) is 2.29. The standard InChI is InChI=1S/C20H30N2O3/c1-2-20(24)22-13-7-11-19(22)18-10-6-12-21(18)14-16(23)15-25-17-8-4-3-5-9-17/h3-5,8-9,16,18-19,23H,2,6-7,10-15H2,1H3/t16-,18-,19-/m1/s1. The number of likely N-dealkylation sites (tertiary alicyclic amines) is 2. The first-order chi connectivity index (χ1) is 12.2. The van der Waals surface area contributed by atoms with Crippen molar-refractivity contribution in [3.05, 3.63) is 30.3 Å². The first-order valence-electron chi connectivity index (χ1n) is 9.58. The van der Waals surface area contributed by atoms with E-state index in [0.29, 0.717) is 31.7 Å². The van der Waals surface area contributed by atoms with Crippen molar-refractivity contribution in [3.63, 3.8) is 0 Å². The second-order valence-corrected chi connectivity index (χ2v) is 7.13. The monoisotopic (exact) mass is 346 g/mol. The van der Waals surface area contributed by atoms with E-state index in [1.807, 2.05) is 37.3 Å². The van der Waals surface area contributed by atoms with E-state index < -0.39 is 6.10 Å². The number of β-amino-alcohol motifs (C(OH)–C–C–N with tert-alkyl or cyclic N) is 1. The Bertz CT molecular complexity index is 551. The molecule has 2 aliphatic heterocycles. The molecule has 2 aliphatic rings. The zero-order chi connectivity index (χ0) is 17.6. The minimum absolute atomic E-state index is 0.266. The van der Waals surface area contributed by atoms with Crippen molar-refractivity contribution in [2.24, 2.45) is 0 Å². The average molecular weight is 346 g/mol. The third-order valence-electron chi connectivity index (χ3n) is 5.41. The molecule has 0 aromatic heterocycles. The fraction of sp³-hybridized carbons (Fsp3) is 0.650. The van der Waals surface area contributed by atoms with Gasteiger partial charge in [-0.15, -0.1) is 0 Å². The van der Waals surface area contributed by atoms with E-state index in [4.69, 9.17) is 4.74 Å². The van der Waals surface area contributed by atoms with Gasteiger partial charge in [-0.05, 0) is 44.4 Å². The number of carbonyl (C=O) groups excluding carboxylic acids is 1. The van der Waals surface area contributed by atoms with Gasteiger partial charge in [0, 0.05) is 31.6 Å². The van der Waals surface area contributed by atoms with Crippen LogP contribution in [0.1, 0.15) is 39.0 Å². The molecule has 0 spiro atoms. The highest BCUT2D eigenvalue weighted by Gasteiger charge is 2.39. The largest absolute Gasteiger partial charge is 0.491 e. The van der Waals surface area contributed by atoms with Crippen LogP contribution in [0, 0.1) is 0 Å². The van der Waals surface area contributed by atoms with Crippen molar-refractivity contribution < 1.29 is 14.6 Å². The molecule has 1 aromatic rings. The minimum atomic E-state index is -0.516. The second kappa shape index (κ2) is 8.68. The maximum absolute atomic E-state index is 12.2. The van der Waals surface area contributed by atoms with Crippen molar-refractivity contribution in [3.8, 4) is 5.75 Å². The maximum atomic E-state index is 12.2. The third-order valence-corrected chi connectivity index (χ3v) is 5.41. The molecule has 0 unspecified atom stereocenters. The van der Waals surface area contributed by atoms with Gasteiger partial charge in [-0.1, -0.05) is 25.1 Å². The number of ether oxygens (including phenoxy) is 1. The first-order valence-corrected chi connectivity index (χ1v) is 9.58. The lowest BCUT2D eigenvalue weighted by atomic mass is 10.0. The summed E-state index contributed by atoms with van der Waals surface area (Å²) in [7, 11) is 0. The molecule has 2 saturated heterocycles. The molecule has 3 atom stereocenters. The highest BCUT2D eigenvalue weighted by atomic mass is 16.5. The Morgan fingerprint density at radius 1 is 1.20 bits per heavy atom. The summed E-state index contributed by atoms with van der Waals surface area (Å²) in [4.78, 5) is 16.7. The van der Waals surface area contributed by atoms with Gasteiger partial charge in [0.1, 0.15) is 18.5 Å². The highest BCUT2D eigenvalue weighted by Crippen LogP contribution is 2.30. The molecular formula is C20H30N2O3. The van der Waals surface area contributed by atoms with Crippen molar-refractivity contribution in [1.82, 2.24) is 9.80 Å². The third kappa shape index (κ3) is 4.53. The van der Waals surface area contributed by atoms with Gasteiger partial charge in [-0.2, -0.15) is 0 Å². The summed E-state index contributed by atoms with van der Waals surface area (Å²) in [5, 5.41) is 10.4. The van der Waals surface area contributed by atoms with Gasteiger partial charge in [-0.25, -0.2) is 0 Å². The van der Waals surface area contributed by atoms with Crippen LogP contribution < -0.4 is 4.74 Å². The molecule has 2 heterocycles. The molecule has 3 rings (SSSR count). The summed E-state index contributed by atoms with van der Waals surface area (Å²) < 4.78 is 5.67. The Labute approximate surface area is 150 Å². The van der Waals surface area contributed by atoms with E-state index in [9.17, 15) is 9.90 Å². The van der Waals surface area contributed by atoms with E-state index in [0.717, 1.165) is 44.5 Å². The molecule has 1 aromatic carbocycles. The van der Waals surface area contributed by atoms with Crippen LogP contribution in [0.2, 0.25) is 0 Å². The molecule has 2 fully saturated rings. The topological polar surface area (TPSA) is 53.0 Å². The number of aliphatic hydroxyl groups is 1. The second-order valence-electron chi connectivity index (χ2n) is 7.13. The molecule has 138 valence electrons. The molecular weight excluding hydrogens is 316 g/mol. The lowest BCUT2D eigenvalue weighted by molar-refractivity contribution is -0.132. The quantitative estimate of drug-likeness (QED) is 0.823. The van der Waals surface area contributed by atoms with E-state index in [2.05, 4.69) is 9.80 Å². The number of nitrogens with zero attached hydrogens (tertiary/aromatic N) is 2. The van der Waals surface area contributed by atoms with Crippen molar-refractivity contribution >= 4 is 5.91 Å². The molecule has 0 aliphatic carbocycles. The van der Waals surface area contributed by atoms with Crippen LogP contribution in [0.15, 0.2) is 30.3 Å². The molecule has 0 radical (unpaired) electrons. The van der Waals surface area contributed by atoms with Gasteiger partial charge in [0.2, 0.25) is 5.91 Å². The summed E-state index contributed by atoms with van der Waals surface area (Å²) in [5.74, 6) is 1.05. The Kier molecular flexibility index (Phi) is 6.32. The number of benzene rings is 1. The van der Waals surface area contributed by atoms with E-state index in [1.165, 1.54) is 0 Å². The summed E-state index contributed by atoms with van der Waals surface area (Å²) in [6.45, 7) is 4.74. The minimum Gasteiger partial charge on any atom is -0.491 e. The van der Waals surface area contributed by atoms with Crippen LogP contribution >= 0.6 is 0 Å². The van der Waals surface area contributed by atoms with Crippen molar-refractivity contribution in [2.45, 2.75) is 57.2 Å². The number of hydrogen-bond acceptors (Lipinski definition) is 4. The normalized spacial score (nSPS) is 25.3. The van der Waals surface area contributed by atoms with Gasteiger partial charge in [0.05, 0.1) is 0 Å². The van der Waals surface area contributed by atoms with Crippen LogP contribution in [-0.4, -0.2) is 65.2 Å². The van der Waals surface area contributed by atoms with E-state index in [1.54, 1.807) is 0 Å². The molecule has 5 heteroatoms. The molecule has 5 nitrogen and oxygen atoms in total. The smallest absolute Gasteiger partial charge is 0.222 e. The van der Waals surface area contributed by atoms with E-state index >= 15 is 0 Å². The fourth-order valence-corrected chi connectivity index (χ4v) is 4.25. The summed E-state index contributed by atoms with van der Waals surface area (Å²) in [5.41, 5.74) is 0. The van der Waals surface area contributed by atoms with Crippen molar-refractivity contribution in [1.29, 1.82) is 0 Å². The number of para-hydroxylation sites is 1. The number of hydrogen-bond donors (Lipinski definition) is 1. The Balaban J connectivity index is 1.53.